The van der Waals surface area contributed by atoms with Crippen LogP contribution < -0.4 is 20.1 Å². The first-order valence-corrected chi connectivity index (χ1v) is 25.9. The van der Waals surface area contributed by atoms with Gasteiger partial charge in [-0.2, -0.15) is 0 Å². The normalized spacial score (nSPS) is 33.6. The molecule has 3 aromatic rings. The first kappa shape index (κ1) is 47.2. The van der Waals surface area contributed by atoms with Crippen LogP contribution in [-0.2, 0) is 29.0 Å². The minimum absolute atomic E-state index is 0.0410. The number of nitrogens with one attached hydrogen (secondary N) is 2. The maximum Gasteiger partial charge on any atom is 0.253 e. The molecule has 5 fully saturated rings. The number of rotatable bonds is 9. The third kappa shape index (κ3) is 8.64. The number of phenolic OH excluding ortho intramolecular Hbond substituents is 2. The summed E-state index contributed by atoms with van der Waals surface area (Å²) < 4.78 is 72.4. The van der Waals surface area contributed by atoms with Gasteiger partial charge >= 0.3 is 0 Å². The van der Waals surface area contributed by atoms with Gasteiger partial charge in [0.25, 0.3) is 11.8 Å². The molecule has 8 nitrogen and oxygen atoms in total. The zero-order valence-electron chi connectivity index (χ0n) is 39.8. The molecule has 0 spiro atoms. The van der Waals surface area contributed by atoms with E-state index in [9.17, 15) is 19.8 Å². The monoisotopic (exact) mass is 943 g/mol. The van der Waals surface area contributed by atoms with E-state index in [4.69, 9.17) is 9.47 Å². The Hall–Kier alpha value is -4.48. The number of aryl methyl sites for hydroxylation is 2. The second-order valence-electron chi connectivity index (χ2n) is 22.6. The van der Waals surface area contributed by atoms with E-state index >= 15 is 17.6 Å². The number of ether oxygens (including phenoxy) is 2. The van der Waals surface area contributed by atoms with Gasteiger partial charge in [-0.25, -0.2) is 17.6 Å². The van der Waals surface area contributed by atoms with Crippen LogP contribution in [-0.4, -0.2) is 46.7 Å². The molecule has 3 aromatic carbocycles. The largest absolute Gasteiger partial charge is 0.508 e. The smallest absolute Gasteiger partial charge is 0.253 e. The molecule has 10 atom stereocenters. The van der Waals surface area contributed by atoms with Crippen molar-refractivity contribution in [3.8, 4) is 23.0 Å². The van der Waals surface area contributed by atoms with Gasteiger partial charge in [0.2, 0.25) is 18.6 Å². The van der Waals surface area contributed by atoms with Crippen LogP contribution in [0.15, 0.2) is 54.6 Å². The van der Waals surface area contributed by atoms with Crippen molar-refractivity contribution in [1.82, 2.24) is 10.6 Å². The molecule has 68 heavy (non-hydrogen) atoms. The average molecular weight is 943 g/mol. The van der Waals surface area contributed by atoms with E-state index in [1.165, 1.54) is 36.0 Å². The Balaban J connectivity index is 0.000000160. The molecule has 368 valence electrons. The molecule has 1 heterocycles. The van der Waals surface area contributed by atoms with E-state index in [1.807, 2.05) is 49.4 Å². The van der Waals surface area contributed by atoms with Gasteiger partial charge in [0.1, 0.15) is 11.5 Å². The summed E-state index contributed by atoms with van der Waals surface area (Å²) in [7, 11) is 0. The number of carbonyl (C=O) groups excluding carboxylic acids is 2. The Morgan fingerprint density at radius 3 is 1.74 bits per heavy atom. The van der Waals surface area contributed by atoms with Gasteiger partial charge in [0, 0.05) is 49.1 Å². The van der Waals surface area contributed by atoms with Crippen LogP contribution in [0.1, 0.15) is 163 Å². The minimum atomic E-state index is -2.72. The summed E-state index contributed by atoms with van der Waals surface area (Å²) in [5, 5.41) is 25.9. The molecule has 7 aliphatic carbocycles. The number of hydrogen-bond acceptors (Lipinski definition) is 6. The van der Waals surface area contributed by atoms with E-state index in [2.05, 4.69) is 10.6 Å². The van der Waals surface area contributed by atoms with Crippen LogP contribution in [0.3, 0.4) is 0 Å². The maximum atomic E-state index is 15.5. The van der Waals surface area contributed by atoms with Crippen LogP contribution in [0.5, 0.6) is 23.0 Å². The first-order valence-electron chi connectivity index (χ1n) is 25.9. The molecule has 0 bridgehead atoms. The Kier molecular flexibility index (Phi) is 12.7. The fourth-order valence-electron chi connectivity index (χ4n) is 15.7. The molecule has 8 aliphatic rings. The SMILES string of the molecule is C[C@]12CC[C@@H]3c4ccc(O)cc4CC[C@H]3[C@@H]1[C@H](CCC(=O)NC1CCCCC1)CC2(F)F.C[C@]12CC[C@@H]3c4ccc(O)cc4CC[C@H]3[C@@H]1[C@H](CCC(=O)NCc1ccc3c(c1)OCO3)CC2(F)F. The highest BCUT2D eigenvalue weighted by Crippen LogP contribution is 2.70. The van der Waals surface area contributed by atoms with Crippen molar-refractivity contribution < 1.29 is 46.8 Å². The predicted molar refractivity (Wildman–Crippen MR) is 251 cm³/mol. The Bertz CT molecular complexity index is 2370. The highest BCUT2D eigenvalue weighted by molar-refractivity contribution is 5.76. The van der Waals surface area contributed by atoms with E-state index < -0.39 is 22.7 Å². The van der Waals surface area contributed by atoms with Crippen LogP contribution in [0.2, 0.25) is 0 Å². The molecule has 4 N–H and O–H groups in total. The van der Waals surface area contributed by atoms with Gasteiger partial charge < -0.3 is 30.3 Å². The molecule has 0 saturated heterocycles. The molecule has 11 rings (SSSR count). The van der Waals surface area contributed by atoms with Gasteiger partial charge in [-0.3, -0.25) is 9.59 Å². The third-order valence-corrected chi connectivity index (χ3v) is 19.0. The highest BCUT2D eigenvalue weighted by Gasteiger charge is 2.68. The number of halogens is 4. The molecular formula is C56H70F4N2O6. The molecule has 2 amide bonds. The van der Waals surface area contributed by atoms with E-state index in [0.717, 1.165) is 62.5 Å². The van der Waals surface area contributed by atoms with Gasteiger partial charge in [-0.15, -0.1) is 0 Å². The van der Waals surface area contributed by atoms with Crippen molar-refractivity contribution in [2.24, 2.45) is 46.3 Å². The van der Waals surface area contributed by atoms with Crippen molar-refractivity contribution in [3.05, 3.63) is 82.4 Å². The Labute approximate surface area is 398 Å². The standard InChI is InChI=1S/C29H33F2NO4.C27H37F2NO2/c1-28-11-10-22-21-7-5-20(33)13-18(21)3-6-23(22)27(28)19(14-29(28,30)31)4-9-26(34)32-15-17-2-8-24-25(12-17)36-16-35-24;1-26-14-13-22-21-11-9-20(31)15-17(21)7-10-23(22)25(26)18(16-27(26,28)29)8-12-24(32)30-19-5-3-2-4-6-19/h2,5,7-8,12-13,19,22-23,27,33H,3-4,6,9-11,14-16H2,1H3,(H,32,34);9,11,15,18-19,22-23,25,31H,2-8,10,12-14,16H2,1H3,(H,30,32)/t19-,22-,23-,27+,28+;18-,22-,23-,25+,26+/m11/s1. The lowest BCUT2D eigenvalue weighted by atomic mass is 9.53. The predicted octanol–water partition coefficient (Wildman–Crippen LogP) is 12.3. The molecule has 0 aromatic heterocycles. The summed E-state index contributed by atoms with van der Waals surface area (Å²) in [6.45, 7) is 4.18. The van der Waals surface area contributed by atoms with Crippen molar-refractivity contribution in [1.29, 1.82) is 0 Å². The van der Waals surface area contributed by atoms with Gasteiger partial charge in [-0.05, 0) is 189 Å². The number of aromatic hydroxyl groups is 2. The molecule has 0 unspecified atom stereocenters. The topological polar surface area (TPSA) is 117 Å². The Morgan fingerprint density at radius 2 is 1.18 bits per heavy atom. The molecular weight excluding hydrogens is 873 g/mol. The first-order chi connectivity index (χ1) is 32.5. The van der Waals surface area contributed by atoms with Crippen molar-refractivity contribution in [2.45, 2.75) is 172 Å². The molecule has 5 saturated carbocycles. The minimum Gasteiger partial charge on any atom is -0.508 e. The van der Waals surface area contributed by atoms with Gasteiger partial charge in [0.05, 0.1) is 0 Å². The van der Waals surface area contributed by atoms with E-state index in [-0.39, 0.29) is 96.8 Å². The zero-order chi connectivity index (χ0) is 47.6. The molecule has 0 radical (unpaired) electrons. The zero-order valence-corrected chi connectivity index (χ0v) is 39.8. The fraction of sp³-hybridized carbons (Fsp3) is 0.643. The maximum absolute atomic E-state index is 15.5. The average Bonchev–Trinajstić information content (AvgIpc) is 3.93. The Morgan fingerprint density at radius 1 is 0.647 bits per heavy atom. The summed E-state index contributed by atoms with van der Waals surface area (Å²) in [5.74, 6) is -2.95. The van der Waals surface area contributed by atoms with Crippen LogP contribution in [0, 0.1) is 46.3 Å². The number of amides is 2. The van der Waals surface area contributed by atoms with Gasteiger partial charge in [-0.1, -0.05) is 51.3 Å². The number of carbonyl (C=O) groups is 2. The number of alkyl halides is 4. The summed E-state index contributed by atoms with van der Waals surface area (Å²) in [6.07, 6.45) is 13.2. The number of benzene rings is 3. The molecule has 1 aliphatic heterocycles. The lowest BCUT2D eigenvalue weighted by Gasteiger charge is -2.51. The fourth-order valence-corrected chi connectivity index (χ4v) is 15.7. The van der Waals surface area contributed by atoms with Crippen molar-refractivity contribution in [3.63, 3.8) is 0 Å². The van der Waals surface area contributed by atoms with E-state index in [1.54, 1.807) is 19.1 Å². The second kappa shape index (κ2) is 18.4. The summed E-state index contributed by atoms with van der Waals surface area (Å²) >= 11 is 0. The lowest BCUT2D eigenvalue weighted by Crippen LogP contribution is -2.47. The van der Waals surface area contributed by atoms with E-state index in [0.29, 0.717) is 56.1 Å². The van der Waals surface area contributed by atoms with Crippen LogP contribution >= 0.6 is 0 Å². The number of fused-ring (bicyclic) bond motifs is 11. The summed E-state index contributed by atoms with van der Waals surface area (Å²) in [4.78, 5) is 25.3. The second-order valence-corrected chi connectivity index (χ2v) is 22.6. The van der Waals surface area contributed by atoms with Crippen molar-refractivity contribution in [2.75, 3.05) is 6.79 Å². The van der Waals surface area contributed by atoms with Crippen LogP contribution in [0.4, 0.5) is 17.6 Å². The van der Waals surface area contributed by atoms with Crippen molar-refractivity contribution >= 4 is 11.8 Å². The van der Waals surface area contributed by atoms with Gasteiger partial charge in [0.15, 0.2) is 11.5 Å². The molecule has 12 heteroatoms. The number of hydrogen-bond donors (Lipinski definition) is 4. The quantitative estimate of drug-likeness (QED) is 0.159. The van der Waals surface area contributed by atoms with Crippen LogP contribution in [0.25, 0.3) is 0 Å². The lowest BCUT2D eigenvalue weighted by molar-refractivity contribution is -0.133. The highest BCUT2D eigenvalue weighted by atomic mass is 19.3. The summed E-state index contributed by atoms with van der Waals surface area (Å²) in [5.41, 5.74) is 3.75. The summed E-state index contributed by atoms with van der Waals surface area (Å²) in [6, 6.07) is 17.0. The third-order valence-electron chi connectivity index (χ3n) is 19.0. The number of phenols is 2.